The molecule has 2 aromatic rings. The van der Waals surface area contributed by atoms with Crippen LogP contribution in [-0.2, 0) is 4.79 Å². The molecule has 35 heavy (non-hydrogen) atoms. The summed E-state index contributed by atoms with van der Waals surface area (Å²) in [4.78, 5) is 21.8. The van der Waals surface area contributed by atoms with Crippen LogP contribution in [0.3, 0.4) is 0 Å². The van der Waals surface area contributed by atoms with Crippen molar-refractivity contribution >= 4 is 34.6 Å². The maximum absolute atomic E-state index is 11.4. The molecule has 1 aliphatic rings. The summed E-state index contributed by atoms with van der Waals surface area (Å²) < 4.78 is 5.48. The molecule has 0 aliphatic carbocycles. The zero-order valence-electron chi connectivity index (χ0n) is 19.9. The third-order valence-corrected chi connectivity index (χ3v) is 5.86. The van der Waals surface area contributed by atoms with Gasteiger partial charge in [0.25, 0.3) is 5.69 Å². The van der Waals surface area contributed by atoms with E-state index in [9.17, 15) is 20.0 Å². The number of hydrogen-bond donors (Lipinski definition) is 4. The molecule has 4 N–H and O–H groups in total. The first kappa shape index (κ1) is 26.4. The molecule has 2 atom stereocenters. The smallest absolute Gasteiger partial charge is 0.273 e. The molecule has 0 aromatic heterocycles. The maximum Gasteiger partial charge on any atom is 0.273 e. The Morgan fingerprint density at radius 1 is 1.31 bits per heavy atom. The van der Waals surface area contributed by atoms with Gasteiger partial charge in [0.05, 0.1) is 21.7 Å². The van der Waals surface area contributed by atoms with Crippen LogP contribution in [0.5, 0.6) is 5.75 Å². The van der Waals surface area contributed by atoms with Crippen LogP contribution in [0.25, 0.3) is 0 Å². The van der Waals surface area contributed by atoms with Crippen LogP contribution < -0.4 is 20.8 Å². The number of aliphatic hydroxyl groups is 1. The van der Waals surface area contributed by atoms with E-state index in [4.69, 9.17) is 16.3 Å². The Balaban J connectivity index is 1.45. The van der Waals surface area contributed by atoms with Crippen LogP contribution in [-0.4, -0.2) is 53.0 Å². The minimum atomic E-state index is -0.845. The van der Waals surface area contributed by atoms with Crippen LogP contribution in [0.15, 0.2) is 47.6 Å². The van der Waals surface area contributed by atoms with E-state index >= 15 is 0 Å². The number of β-amino-alcohol motifs (C(OH)–C–C–N with tert-alkyl or cyclic N) is 1. The number of nitro benzene ring substituents is 1. The molecule has 10 nitrogen and oxygen atoms in total. The second-order valence-electron chi connectivity index (χ2n) is 9.17. The van der Waals surface area contributed by atoms with E-state index in [2.05, 4.69) is 21.2 Å². The quantitative estimate of drug-likeness (QED) is 0.272. The second-order valence-corrected chi connectivity index (χ2v) is 9.58. The zero-order valence-corrected chi connectivity index (χ0v) is 20.6. The monoisotopic (exact) mass is 503 g/mol. The average molecular weight is 504 g/mol. The molecular formula is C24H30ClN5O5. The molecule has 0 saturated heterocycles. The summed E-state index contributed by atoms with van der Waals surface area (Å²) in [6.45, 7) is 6.76. The number of carbonyl (C=O) groups excluding carboxylic acids is 1. The van der Waals surface area contributed by atoms with Crippen LogP contribution in [0, 0.1) is 16.0 Å². The molecule has 188 valence electrons. The van der Waals surface area contributed by atoms with Crippen molar-refractivity contribution in [3.63, 3.8) is 0 Å². The summed E-state index contributed by atoms with van der Waals surface area (Å²) >= 11 is 6.02. The number of carbonyl (C=O) groups is 1. The fraction of sp³-hybridized carbons (Fsp3) is 0.417. The van der Waals surface area contributed by atoms with Gasteiger partial charge < -0.3 is 20.5 Å². The van der Waals surface area contributed by atoms with Crippen molar-refractivity contribution in [1.82, 2.24) is 10.7 Å². The van der Waals surface area contributed by atoms with Crippen LogP contribution in [0.2, 0.25) is 5.02 Å². The van der Waals surface area contributed by atoms with Crippen molar-refractivity contribution in [3.05, 3.63) is 63.2 Å². The molecule has 11 heteroatoms. The molecule has 0 spiro atoms. The molecular weight excluding hydrogens is 474 g/mol. The van der Waals surface area contributed by atoms with Gasteiger partial charge in [0.15, 0.2) is 0 Å². The van der Waals surface area contributed by atoms with E-state index in [1.807, 2.05) is 45.0 Å². The number of amides is 1. The highest BCUT2D eigenvalue weighted by Crippen LogP contribution is 2.29. The normalized spacial score (nSPS) is 16.8. The van der Waals surface area contributed by atoms with Crippen LogP contribution >= 0.6 is 11.6 Å². The number of nitrogens with zero attached hydrogens (tertiary/aromatic N) is 2. The van der Waals surface area contributed by atoms with E-state index in [0.29, 0.717) is 13.0 Å². The van der Waals surface area contributed by atoms with E-state index in [1.165, 1.54) is 18.2 Å². The predicted octanol–water partition coefficient (Wildman–Crippen LogP) is 3.33. The van der Waals surface area contributed by atoms with E-state index < -0.39 is 11.0 Å². The molecule has 0 unspecified atom stereocenters. The van der Waals surface area contributed by atoms with E-state index in [0.717, 1.165) is 17.0 Å². The summed E-state index contributed by atoms with van der Waals surface area (Å²) in [6.07, 6.45) is -0.420. The average Bonchev–Trinajstić information content (AvgIpc) is 2.81. The SMILES string of the molecule is C[C@@H]1CC(=O)NN=C1c1ccc(NCC(C)(C)NC[C@H](O)COc2cc([N+](=O)[O-])ccc2Cl)cc1. The largest absolute Gasteiger partial charge is 0.489 e. The number of non-ortho nitro benzene ring substituents is 1. The van der Waals surface area contributed by atoms with Gasteiger partial charge in [0.1, 0.15) is 18.5 Å². The van der Waals surface area contributed by atoms with Gasteiger partial charge in [-0.15, -0.1) is 0 Å². The maximum atomic E-state index is 11.4. The third-order valence-electron chi connectivity index (χ3n) is 5.55. The van der Waals surface area contributed by atoms with Crippen LogP contribution in [0.1, 0.15) is 32.8 Å². The van der Waals surface area contributed by atoms with E-state index in [-0.39, 0.29) is 47.0 Å². The summed E-state index contributed by atoms with van der Waals surface area (Å²) in [7, 11) is 0. The molecule has 1 heterocycles. The van der Waals surface area contributed by atoms with Crippen molar-refractivity contribution in [1.29, 1.82) is 0 Å². The fourth-order valence-electron chi connectivity index (χ4n) is 3.50. The van der Waals surface area contributed by atoms with Gasteiger partial charge in [-0.1, -0.05) is 30.7 Å². The lowest BCUT2D eigenvalue weighted by Gasteiger charge is -2.28. The Kier molecular flexibility index (Phi) is 8.66. The number of aliphatic hydroxyl groups excluding tert-OH is 1. The van der Waals surface area contributed by atoms with Gasteiger partial charge in [-0.2, -0.15) is 5.10 Å². The minimum absolute atomic E-state index is 0.0640. The zero-order chi connectivity index (χ0) is 25.6. The first-order valence-electron chi connectivity index (χ1n) is 11.2. The Bertz CT molecular complexity index is 1090. The fourth-order valence-corrected chi connectivity index (χ4v) is 3.67. The van der Waals surface area contributed by atoms with Gasteiger partial charge >= 0.3 is 0 Å². The first-order valence-corrected chi connectivity index (χ1v) is 11.6. The second kappa shape index (κ2) is 11.5. The molecule has 0 saturated carbocycles. The Hall–Kier alpha value is -3.21. The lowest BCUT2D eigenvalue weighted by Crippen LogP contribution is -2.49. The standard InChI is InChI=1S/C24H30ClN5O5/c1-15-10-22(32)28-29-23(15)16-4-6-17(7-5-16)26-14-24(2,3)27-12-19(31)13-35-21-11-18(30(33)34)8-9-20(21)25/h4-9,11,15,19,26-27,31H,10,12-14H2,1-3H3,(H,28,32)/t15-,19+/m1/s1. The Morgan fingerprint density at radius 3 is 2.69 bits per heavy atom. The summed E-state index contributed by atoms with van der Waals surface area (Å²) in [5.41, 5.74) is 4.81. The number of nitro groups is 1. The molecule has 1 aliphatic heterocycles. The molecule has 2 aromatic carbocycles. The number of anilines is 1. The Labute approximate surface area is 208 Å². The highest BCUT2D eigenvalue weighted by atomic mass is 35.5. The van der Waals surface area contributed by atoms with Gasteiger partial charge in [-0.05, 0) is 37.6 Å². The van der Waals surface area contributed by atoms with Gasteiger partial charge in [0, 0.05) is 42.7 Å². The predicted molar refractivity (Wildman–Crippen MR) is 135 cm³/mol. The molecule has 0 fully saturated rings. The van der Waals surface area contributed by atoms with Crippen molar-refractivity contribution < 1.29 is 19.6 Å². The number of ether oxygens (including phenoxy) is 1. The summed E-state index contributed by atoms with van der Waals surface area (Å²) in [5.74, 6) is 0.146. The first-order chi connectivity index (χ1) is 16.5. The molecule has 0 bridgehead atoms. The van der Waals surface area contributed by atoms with Gasteiger partial charge in [-0.25, -0.2) is 5.43 Å². The number of halogens is 1. The lowest BCUT2D eigenvalue weighted by atomic mass is 9.94. The minimum Gasteiger partial charge on any atom is -0.489 e. The highest BCUT2D eigenvalue weighted by molar-refractivity contribution is 6.32. The van der Waals surface area contributed by atoms with Crippen molar-refractivity contribution in [2.45, 2.75) is 38.8 Å². The Morgan fingerprint density at radius 2 is 2.03 bits per heavy atom. The number of nitrogens with one attached hydrogen (secondary N) is 3. The van der Waals surface area contributed by atoms with Crippen molar-refractivity contribution in [3.8, 4) is 5.75 Å². The van der Waals surface area contributed by atoms with Crippen molar-refractivity contribution in [2.24, 2.45) is 11.0 Å². The summed E-state index contributed by atoms with van der Waals surface area (Å²) in [5, 5.41) is 32.3. The summed E-state index contributed by atoms with van der Waals surface area (Å²) in [6, 6.07) is 11.8. The number of hydrazone groups is 1. The van der Waals surface area contributed by atoms with E-state index in [1.54, 1.807) is 0 Å². The lowest BCUT2D eigenvalue weighted by molar-refractivity contribution is -0.384. The number of rotatable bonds is 11. The highest BCUT2D eigenvalue weighted by Gasteiger charge is 2.22. The van der Waals surface area contributed by atoms with Gasteiger partial charge in [0.2, 0.25) is 5.91 Å². The molecule has 3 rings (SSSR count). The van der Waals surface area contributed by atoms with Crippen molar-refractivity contribution in [2.75, 3.05) is 25.0 Å². The van der Waals surface area contributed by atoms with Gasteiger partial charge in [-0.3, -0.25) is 14.9 Å². The molecule has 0 radical (unpaired) electrons. The third kappa shape index (κ3) is 7.64. The number of benzene rings is 2. The number of hydrogen-bond acceptors (Lipinski definition) is 8. The van der Waals surface area contributed by atoms with Crippen LogP contribution in [0.4, 0.5) is 11.4 Å². The molecule has 1 amide bonds. The topological polar surface area (TPSA) is 138 Å².